The van der Waals surface area contributed by atoms with Crippen LogP contribution in [-0.2, 0) is 5.75 Å². The second kappa shape index (κ2) is 6.40. The van der Waals surface area contributed by atoms with E-state index < -0.39 is 0 Å². The first-order chi connectivity index (χ1) is 9.08. The van der Waals surface area contributed by atoms with Gasteiger partial charge in [-0.25, -0.2) is 0 Å². The smallest absolute Gasteiger partial charge is 0.160 e. The molecule has 0 spiro atoms. The summed E-state index contributed by atoms with van der Waals surface area (Å²) in [4.78, 5) is 12.5. The summed E-state index contributed by atoms with van der Waals surface area (Å²) in [6.07, 6.45) is 0. The van der Waals surface area contributed by atoms with Gasteiger partial charge < -0.3 is 0 Å². The van der Waals surface area contributed by atoms with Gasteiger partial charge in [0.2, 0.25) is 0 Å². The third-order valence-corrected chi connectivity index (χ3v) is 4.67. The highest BCUT2D eigenvalue weighted by Crippen LogP contribution is 2.28. The van der Waals surface area contributed by atoms with E-state index in [9.17, 15) is 4.79 Å². The van der Waals surface area contributed by atoms with Gasteiger partial charge in [-0.05, 0) is 43.2 Å². The van der Waals surface area contributed by atoms with Gasteiger partial charge in [-0.2, -0.15) is 0 Å². The molecular weight excluding hydrogens is 320 g/mol. The quantitative estimate of drug-likeness (QED) is 0.560. The van der Waals surface area contributed by atoms with E-state index in [2.05, 4.69) is 47.1 Å². The molecule has 0 radical (unpaired) electrons. The van der Waals surface area contributed by atoms with Crippen molar-refractivity contribution in [3.63, 3.8) is 0 Å². The minimum atomic E-state index is 0.0855. The van der Waals surface area contributed by atoms with Crippen LogP contribution < -0.4 is 0 Å². The Morgan fingerprint density at radius 2 is 1.95 bits per heavy atom. The third kappa shape index (κ3) is 3.71. The first-order valence-corrected chi connectivity index (χ1v) is 7.83. The molecule has 0 aliphatic carbocycles. The predicted molar refractivity (Wildman–Crippen MR) is 84.9 cm³/mol. The average molecular weight is 335 g/mol. The van der Waals surface area contributed by atoms with Crippen molar-refractivity contribution in [1.82, 2.24) is 0 Å². The van der Waals surface area contributed by atoms with E-state index in [1.165, 1.54) is 16.0 Å². The second-order valence-electron chi connectivity index (χ2n) is 4.41. The van der Waals surface area contributed by atoms with E-state index in [4.69, 9.17) is 0 Å². The number of Topliss-reactive ketones (excluding diaryl/α,β-unsaturated/α-hetero) is 1. The molecule has 2 aromatic carbocycles. The molecule has 0 aliphatic rings. The summed E-state index contributed by atoms with van der Waals surface area (Å²) in [7, 11) is 0. The summed E-state index contributed by atoms with van der Waals surface area (Å²) in [5.41, 5.74) is 3.40. The van der Waals surface area contributed by atoms with Gasteiger partial charge in [0.15, 0.2) is 5.78 Å². The number of rotatable bonds is 4. The standard InChI is InChI=1S/C16H15BrOS/c1-11-5-3-4-6-13(11)10-19-14-7-8-15(12(2)18)16(17)9-14/h3-9H,10H2,1-2H3. The topological polar surface area (TPSA) is 17.1 Å². The number of halogens is 1. The van der Waals surface area contributed by atoms with Crippen molar-refractivity contribution in [3.05, 3.63) is 63.6 Å². The predicted octanol–water partition coefficient (Wildman–Crippen LogP) is 5.25. The molecule has 3 heteroatoms. The minimum Gasteiger partial charge on any atom is -0.294 e. The van der Waals surface area contributed by atoms with Crippen molar-refractivity contribution in [1.29, 1.82) is 0 Å². The zero-order chi connectivity index (χ0) is 13.8. The number of carbonyl (C=O) groups is 1. The highest BCUT2D eigenvalue weighted by Gasteiger charge is 2.06. The molecule has 0 saturated heterocycles. The molecule has 0 unspecified atom stereocenters. The van der Waals surface area contributed by atoms with E-state index >= 15 is 0 Å². The van der Waals surface area contributed by atoms with Crippen molar-refractivity contribution in [3.8, 4) is 0 Å². The monoisotopic (exact) mass is 334 g/mol. The van der Waals surface area contributed by atoms with Crippen LogP contribution in [0.25, 0.3) is 0 Å². The molecule has 0 amide bonds. The van der Waals surface area contributed by atoms with Crippen molar-refractivity contribution >= 4 is 33.5 Å². The van der Waals surface area contributed by atoms with E-state index in [0.29, 0.717) is 0 Å². The van der Waals surface area contributed by atoms with Gasteiger partial charge in [-0.15, -0.1) is 11.8 Å². The maximum atomic E-state index is 11.4. The Bertz CT molecular complexity index is 607. The summed E-state index contributed by atoms with van der Waals surface area (Å²) < 4.78 is 0.870. The maximum absolute atomic E-state index is 11.4. The lowest BCUT2D eigenvalue weighted by Crippen LogP contribution is -1.93. The number of benzene rings is 2. The molecule has 0 atom stereocenters. The minimum absolute atomic E-state index is 0.0855. The lowest BCUT2D eigenvalue weighted by atomic mass is 10.1. The van der Waals surface area contributed by atoms with Crippen LogP contribution in [0.3, 0.4) is 0 Å². The first-order valence-electron chi connectivity index (χ1n) is 6.05. The molecule has 98 valence electrons. The largest absolute Gasteiger partial charge is 0.294 e. The Labute approximate surface area is 126 Å². The molecule has 0 N–H and O–H groups in total. The fourth-order valence-corrected chi connectivity index (χ4v) is 3.63. The maximum Gasteiger partial charge on any atom is 0.160 e. The molecule has 0 aromatic heterocycles. The molecule has 0 aliphatic heterocycles. The highest BCUT2D eigenvalue weighted by atomic mass is 79.9. The Morgan fingerprint density at radius 1 is 1.21 bits per heavy atom. The van der Waals surface area contributed by atoms with Crippen LogP contribution in [0.1, 0.15) is 28.4 Å². The Kier molecular flexibility index (Phi) is 4.83. The second-order valence-corrected chi connectivity index (χ2v) is 6.32. The van der Waals surface area contributed by atoms with Gasteiger partial charge >= 0.3 is 0 Å². The Hall–Kier alpha value is -1.06. The first kappa shape index (κ1) is 14.4. The van der Waals surface area contributed by atoms with E-state index in [-0.39, 0.29) is 5.78 Å². The zero-order valence-corrected chi connectivity index (χ0v) is 13.3. The zero-order valence-electron chi connectivity index (χ0n) is 10.9. The van der Waals surface area contributed by atoms with E-state index in [1.807, 2.05) is 18.2 Å². The lowest BCUT2D eigenvalue weighted by molar-refractivity contribution is 0.101. The molecule has 0 bridgehead atoms. The molecule has 0 heterocycles. The van der Waals surface area contributed by atoms with E-state index in [1.54, 1.807) is 18.7 Å². The average Bonchev–Trinajstić information content (AvgIpc) is 2.37. The van der Waals surface area contributed by atoms with Crippen LogP contribution in [0.5, 0.6) is 0 Å². The third-order valence-electron chi connectivity index (χ3n) is 2.98. The fraction of sp³-hybridized carbons (Fsp3) is 0.188. The molecule has 2 aromatic rings. The fourth-order valence-electron chi connectivity index (χ4n) is 1.80. The van der Waals surface area contributed by atoms with Crippen LogP contribution in [0.15, 0.2) is 51.8 Å². The molecular formula is C16H15BrOS. The van der Waals surface area contributed by atoms with Crippen LogP contribution in [0.4, 0.5) is 0 Å². The van der Waals surface area contributed by atoms with Crippen molar-refractivity contribution in [2.24, 2.45) is 0 Å². The summed E-state index contributed by atoms with van der Waals surface area (Å²) in [6.45, 7) is 3.71. The van der Waals surface area contributed by atoms with Crippen LogP contribution in [0.2, 0.25) is 0 Å². The van der Waals surface area contributed by atoms with Gasteiger partial charge in [0, 0.05) is 20.7 Å². The van der Waals surface area contributed by atoms with Gasteiger partial charge in [0.25, 0.3) is 0 Å². The van der Waals surface area contributed by atoms with Gasteiger partial charge in [-0.3, -0.25) is 4.79 Å². The summed E-state index contributed by atoms with van der Waals surface area (Å²) in [5, 5.41) is 0. The van der Waals surface area contributed by atoms with Crippen LogP contribution in [0, 0.1) is 6.92 Å². The van der Waals surface area contributed by atoms with Crippen LogP contribution >= 0.6 is 27.7 Å². The van der Waals surface area contributed by atoms with Crippen molar-refractivity contribution in [2.45, 2.75) is 24.5 Å². The number of hydrogen-bond donors (Lipinski definition) is 0. The molecule has 0 saturated carbocycles. The van der Waals surface area contributed by atoms with Crippen LogP contribution in [-0.4, -0.2) is 5.78 Å². The molecule has 19 heavy (non-hydrogen) atoms. The molecule has 1 nitrogen and oxygen atoms in total. The normalized spacial score (nSPS) is 10.5. The summed E-state index contributed by atoms with van der Waals surface area (Å²) in [6, 6.07) is 14.3. The number of hydrogen-bond acceptors (Lipinski definition) is 2. The van der Waals surface area contributed by atoms with Crippen molar-refractivity contribution in [2.75, 3.05) is 0 Å². The summed E-state index contributed by atoms with van der Waals surface area (Å²) in [5.74, 6) is 1.03. The van der Waals surface area contributed by atoms with Gasteiger partial charge in [0.05, 0.1) is 0 Å². The number of thioether (sulfide) groups is 1. The van der Waals surface area contributed by atoms with Gasteiger partial charge in [-0.1, -0.05) is 40.2 Å². The molecule has 2 rings (SSSR count). The summed E-state index contributed by atoms with van der Waals surface area (Å²) >= 11 is 5.24. The SMILES string of the molecule is CC(=O)c1ccc(SCc2ccccc2C)cc1Br. The highest BCUT2D eigenvalue weighted by molar-refractivity contribution is 9.10. The van der Waals surface area contributed by atoms with Crippen molar-refractivity contribution < 1.29 is 4.79 Å². The molecule has 0 fully saturated rings. The number of ketones is 1. The number of carbonyl (C=O) groups excluding carboxylic acids is 1. The van der Waals surface area contributed by atoms with E-state index in [0.717, 1.165) is 15.8 Å². The Morgan fingerprint density at radius 3 is 2.58 bits per heavy atom. The van der Waals surface area contributed by atoms with Gasteiger partial charge in [0.1, 0.15) is 0 Å². The Balaban J connectivity index is 2.11. The number of aryl methyl sites for hydroxylation is 1. The lowest BCUT2D eigenvalue weighted by Gasteiger charge is -2.07.